The van der Waals surface area contributed by atoms with Crippen LogP contribution in [0.25, 0.3) is 98.4 Å². The maximum Gasteiger partial charge on any atom is 0.123 e. The molecule has 0 fully saturated rings. The highest BCUT2D eigenvalue weighted by atomic mass is 19.1. The third-order valence-corrected chi connectivity index (χ3v) is 10.3. The van der Waals surface area contributed by atoms with Crippen molar-refractivity contribution in [1.29, 1.82) is 0 Å². The highest BCUT2D eigenvalue weighted by molar-refractivity contribution is 6.30. The van der Waals surface area contributed by atoms with E-state index >= 15 is 0 Å². The van der Waals surface area contributed by atoms with Crippen molar-refractivity contribution in [3.63, 3.8) is 0 Å². The van der Waals surface area contributed by atoms with E-state index in [1.165, 1.54) is 76.5 Å². The largest absolute Gasteiger partial charge is 0.207 e. The summed E-state index contributed by atoms with van der Waals surface area (Å²) in [5.41, 5.74) is 9.49. The monoisotopic (exact) mass is 624 g/mol. The van der Waals surface area contributed by atoms with Gasteiger partial charge in [-0.15, -0.1) is 0 Å². The molecule has 0 N–H and O–H groups in total. The maximum atomic E-state index is 14.0. The second-order valence-electron chi connectivity index (χ2n) is 12.9. The van der Waals surface area contributed by atoms with Crippen LogP contribution in [0.3, 0.4) is 0 Å². The number of hydrogen-bond donors (Lipinski definition) is 0. The molecule has 0 saturated carbocycles. The Bertz CT molecular complexity index is 2810. The quantitative estimate of drug-likeness (QED) is 0.135. The summed E-state index contributed by atoms with van der Waals surface area (Å²) in [5, 5.41) is 12.3. The molecule has 0 aliphatic carbocycles. The predicted molar refractivity (Wildman–Crippen MR) is 207 cm³/mol. The number of halogens is 1. The predicted octanol–water partition coefficient (Wildman–Crippen LogP) is 13.7. The van der Waals surface area contributed by atoms with Gasteiger partial charge in [-0.05, 0) is 117 Å². The summed E-state index contributed by atoms with van der Waals surface area (Å²) in [6.07, 6.45) is 0. The molecule has 10 rings (SSSR count). The van der Waals surface area contributed by atoms with Crippen molar-refractivity contribution >= 4 is 53.9 Å². The Balaban J connectivity index is 1.26. The standard InChI is InChI=1S/C48H29F/c49-36-23-17-31(18-24-36)45-38-13-4-6-15-40(38)48(41-16-7-5-14-39(41)45)44-28-22-33-20-26-42-37(25-19-32-21-27-43(44)47(33)46(32)42)35-12-8-11-34(29-35)30-9-2-1-3-10-30/h1-29H. The van der Waals surface area contributed by atoms with E-state index in [-0.39, 0.29) is 5.82 Å². The first-order valence-electron chi connectivity index (χ1n) is 16.8. The molecule has 0 aromatic heterocycles. The molecule has 228 valence electrons. The lowest BCUT2D eigenvalue weighted by Gasteiger charge is -2.20. The first kappa shape index (κ1) is 27.8. The van der Waals surface area contributed by atoms with Crippen molar-refractivity contribution in [2.45, 2.75) is 0 Å². The van der Waals surface area contributed by atoms with Gasteiger partial charge in [-0.2, -0.15) is 0 Å². The van der Waals surface area contributed by atoms with Crippen LogP contribution in [-0.4, -0.2) is 0 Å². The second-order valence-corrected chi connectivity index (χ2v) is 12.9. The SMILES string of the molecule is Fc1ccc(-c2c3ccccc3c(-c3ccc4ccc5c(-c6cccc(-c7ccccc7)c6)ccc6ccc3c4c65)c3ccccc23)cc1. The fourth-order valence-corrected chi connectivity index (χ4v) is 8.11. The first-order chi connectivity index (χ1) is 24.2. The van der Waals surface area contributed by atoms with Crippen molar-refractivity contribution in [3.8, 4) is 44.5 Å². The van der Waals surface area contributed by atoms with Gasteiger partial charge in [0.05, 0.1) is 0 Å². The number of hydrogen-bond acceptors (Lipinski definition) is 0. The van der Waals surface area contributed by atoms with E-state index in [1.807, 2.05) is 12.1 Å². The summed E-state index contributed by atoms with van der Waals surface area (Å²) in [4.78, 5) is 0. The van der Waals surface area contributed by atoms with Crippen LogP contribution < -0.4 is 0 Å². The van der Waals surface area contributed by atoms with Gasteiger partial charge in [-0.25, -0.2) is 4.39 Å². The van der Waals surface area contributed by atoms with Gasteiger partial charge in [-0.1, -0.05) is 158 Å². The zero-order chi connectivity index (χ0) is 32.5. The second kappa shape index (κ2) is 10.9. The number of benzene rings is 10. The molecule has 49 heavy (non-hydrogen) atoms. The molecular weight excluding hydrogens is 596 g/mol. The van der Waals surface area contributed by atoms with E-state index in [4.69, 9.17) is 0 Å². The Kier molecular flexibility index (Phi) is 6.16. The summed E-state index contributed by atoms with van der Waals surface area (Å²) in [6, 6.07) is 62.1. The molecular formula is C48H29F. The van der Waals surface area contributed by atoms with Gasteiger partial charge in [0.2, 0.25) is 0 Å². The molecule has 0 heterocycles. The third kappa shape index (κ3) is 4.29. The van der Waals surface area contributed by atoms with Crippen molar-refractivity contribution < 1.29 is 4.39 Å². The van der Waals surface area contributed by atoms with E-state index in [0.29, 0.717) is 0 Å². The minimum atomic E-state index is -0.227. The molecule has 0 bridgehead atoms. The van der Waals surface area contributed by atoms with Crippen LogP contribution in [0.5, 0.6) is 0 Å². The van der Waals surface area contributed by atoms with Crippen molar-refractivity contribution in [2.75, 3.05) is 0 Å². The average Bonchev–Trinajstić information content (AvgIpc) is 3.17. The van der Waals surface area contributed by atoms with E-state index in [1.54, 1.807) is 12.1 Å². The van der Waals surface area contributed by atoms with Crippen LogP contribution >= 0.6 is 0 Å². The molecule has 0 aliphatic rings. The normalized spacial score (nSPS) is 11.8. The first-order valence-corrected chi connectivity index (χ1v) is 16.8. The lowest BCUT2D eigenvalue weighted by Crippen LogP contribution is -1.93. The summed E-state index contributed by atoms with van der Waals surface area (Å²) < 4.78 is 14.0. The minimum Gasteiger partial charge on any atom is -0.207 e. The third-order valence-electron chi connectivity index (χ3n) is 10.3. The summed E-state index contributed by atoms with van der Waals surface area (Å²) >= 11 is 0. The van der Waals surface area contributed by atoms with Crippen LogP contribution in [0.15, 0.2) is 176 Å². The van der Waals surface area contributed by atoms with Gasteiger partial charge in [-0.3, -0.25) is 0 Å². The van der Waals surface area contributed by atoms with Crippen LogP contribution in [0, 0.1) is 5.82 Å². The molecule has 10 aromatic rings. The molecule has 0 saturated heterocycles. The van der Waals surface area contributed by atoms with Gasteiger partial charge < -0.3 is 0 Å². The smallest absolute Gasteiger partial charge is 0.123 e. The Morgan fingerprint density at radius 3 is 1.41 bits per heavy atom. The molecule has 10 aromatic carbocycles. The molecule has 0 atom stereocenters. The average molecular weight is 625 g/mol. The van der Waals surface area contributed by atoms with Crippen LogP contribution in [0.2, 0.25) is 0 Å². The zero-order valence-electron chi connectivity index (χ0n) is 26.6. The molecule has 0 unspecified atom stereocenters. The molecule has 0 amide bonds. The van der Waals surface area contributed by atoms with E-state index in [0.717, 1.165) is 21.9 Å². The van der Waals surface area contributed by atoms with Gasteiger partial charge >= 0.3 is 0 Å². The molecule has 1 heteroatoms. The highest BCUT2D eigenvalue weighted by Gasteiger charge is 2.20. The molecule has 0 spiro atoms. The van der Waals surface area contributed by atoms with Crippen LogP contribution in [-0.2, 0) is 0 Å². The Morgan fingerprint density at radius 1 is 0.286 bits per heavy atom. The minimum absolute atomic E-state index is 0.227. The lowest BCUT2D eigenvalue weighted by atomic mass is 9.83. The fourth-order valence-electron chi connectivity index (χ4n) is 8.11. The summed E-state index contributed by atoms with van der Waals surface area (Å²) in [7, 11) is 0. The van der Waals surface area contributed by atoms with Crippen LogP contribution in [0.4, 0.5) is 4.39 Å². The summed E-state index contributed by atoms with van der Waals surface area (Å²) in [6.45, 7) is 0. The van der Waals surface area contributed by atoms with E-state index in [9.17, 15) is 4.39 Å². The van der Waals surface area contributed by atoms with Crippen molar-refractivity contribution in [2.24, 2.45) is 0 Å². The van der Waals surface area contributed by atoms with Gasteiger partial charge in [0.1, 0.15) is 5.82 Å². The Hall–Kier alpha value is -6.31. The van der Waals surface area contributed by atoms with Crippen molar-refractivity contribution in [3.05, 3.63) is 182 Å². The lowest BCUT2D eigenvalue weighted by molar-refractivity contribution is 0.628. The van der Waals surface area contributed by atoms with Crippen molar-refractivity contribution in [1.82, 2.24) is 0 Å². The van der Waals surface area contributed by atoms with E-state index in [2.05, 4.69) is 152 Å². The highest BCUT2D eigenvalue weighted by Crippen LogP contribution is 2.48. The van der Waals surface area contributed by atoms with Gasteiger partial charge in [0.15, 0.2) is 0 Å². The molecule has 0 aliphatic heterocycles. The fraction of sp³-hybridized carbons (Fsp3) is 0. The van der Waals surface area contributed by atoms with Crippen LogP contribution in [0.1, 0.15) is 0 Å². The van der Waals surface area contributed by atoms with E-state index < -0.39 is 0 Å². The molecule has 0 nitrogen and oxygen atoms in total. The van der Waals surface area contributed by atoms with Gasteiger partial charge in [0.25, 0.3) is 0 Å². The topological polar surface area (TPSA) is 0 Å². The zero-order valence-corrected chi connectivity index (χ0v) is 26.6. The van der Waals surface area contributed by atoms with Gasteiger partial charge in [0, 0.05) is 0 Å². The number of rotatable bonds is 4. The summed E-state index contributed by atoms with van der Waals surface area (Å²) in [5.74, 6) is -0.227. The Morgan fingerprint density at radius 2 is 0.776 bits per heavy atom. The molecule has 0 radical (unpaired) electrons. The maximum absolute atomic E-state index is 14.0. The number of fused-ring (bicyclic) bond motifs is 2. The Labute approximate surface area is 283 Å².